The van der Waals surface area contributed by atoms with E-state index in [0.717, 1.165) is 17.7 Å². The Kier molecular flexibility index (Phi) is 5.24. The second kappa shape index (κ2) is 6.56. The van der Waals surface area contributed by atoms with Crippen molar-refractivity contribution in [3.05, 3.63) is 28.2 Å². The zero-order valence-corrected chi connectivity index (χ0v) is 13.7. The van der Waals surface area contributed by atoms with Crippen molar-refractivity contribution in [2.75, 3.05) is 19.9 Å². The van der Waals surface area contributed by atoms with Gasteiger partial charge in [-0.2, -0.15) is 0 Å². The molecular formula is C14H17Cl2NO2S. The van der Waals surface area contributed by atoms with Crippen molar-refractivity contribution < 1.29 is 9.53 Å². The van der Waals surface area contributed by atoms with Crippen LogP contribution in [0.2, 0.25) is 10.0 Å². The molecule has 0 aromatic heterocycles. The molecule has 1 aromatic carbocycles. The van der Waals surface area contributed by atoms with Crippen LogP contribution in [-0.2, 0) is 9.53 Å². The van der Waals surface area contributed by atoms with Crippen LogP contribution in [-0.4, -0.2) is 31.4 Å². The fraction of sp³-hybridized carbons (Fsp3) is 0.500. The fourth-order valence-corrected chi connectivity index (χ4v) is 3.86. The van der Waals surface area contributed by atoms with Gasteiger partial charge in [-0.15, -0.1) is 11.8 Å². The fourth-order valence-electron chi connectivity index (χ4n) is 2.24. The summed E-state index contributed by atoms with van der Waals surface area (Å²) in [7, 11) is 3.24. The number of likely N-dealkylation sites (N-methyl/N-ethyl adjacent to an activating group) is 1. The average Bonchev–Trinajstić information content (AvgIpc) is 3.28. The number of carbonyl (C=O) groups excluding carboxylic acids is 1. The first-order valence-corrected chi connectivity index (χ1v) is 8.13. The van der Waals surface area contributed by atoms with Crippen LogP contribution in [0.25, 0.3) is 0 Å². The number of esters is 1. The van der Waals surface area contributed by atoms with Crippen LogP contribution in [0.4, 0.5) is 0 Å². The van der Waals surface area contributed by atoms with Gasteiger partial charge in [0.25, 0.3) is 0 Å². The predicted octanol–water partition coefficient (Wildman–Crippen LogP) is 3.63. The molecule has 1 atom stereocenters. The number of ether oxygens (including phenoxy) is 1. The molecule has 3 nitrogen and oxygen atoms in total. The van der Waals surface area contributed by atoms with E-state index in [1.165, 1.54) is 7.11 Å². The largest absolute Gasteiger partial charge is 0.468 e. The van der Waals surface area contributed by atoms with Crippen LogP contribution in [0.1, 0.15) is 12.8 Å². The highest BCUT2D eigenvalue weighted by Crippen LogP contribution is 2.43. The molecule has 0 radical (unpaired) electrons. The highest BCUT2D eigenvalue weighted by Gasteiger charge is 2.50. The molecule has 0 heterocycles. The third kappa shape index (κ3) is 3.25. The average molecular weight is 334 g/mol. The lowest BCUT2D eigenvalue weighted by Gasteiger charge is -2.30. The van der Waals surface area contributed by atoms with Crippen LogP contribution in [0, 0.1) is 5.92 Å². The van der Waals surface area contributed by atoms with Gasteiger partial charge in [-0.3, -0.25) is 4.79 Å². The molecule has 1 aromatic rings. The van der Waals surface area contributed by atoms with E-state index in [2.05, 4.69) is 5.32 Å². The molecule has 1 aliphatic rings. The number of hydrogen-bond donors (Lipinski definition) is 1. The van der Waals surface area contributed by atoms with Gasteiger partial charge in [-0.1, -0.05) is 23.2 Å². The van der Waals surface area contributed by atoms with Gasteiger partial charge < -0.3 is 10.1 Å². The summed E-state index contributed by atoms with van der Waals surface area (Å²) in [6.07, 6.45) is 2.11. The summed E-state index contributed by atoms with van der Waals surface area (Å²) in [4.78, 5) is 13.1. The number of benzene rings is 1. The van der Waals surface area contributed by atoms with Gasteiger partial charge in [-0.25, -0.2) is 0 Å². The van der Waals surface area contributed by atoms with Gasteiger partial charge in [0.2, 0.25) is 0 Å². The number of halogens is 2. The number of nitrogens with one attached hydrogen (secondary N) is 1. The standard InChI is InChI=1S/C14H17Cl2NO2S/c1-17-14(9-3-4-9,13(18)19-2)8-20-10-5-6-11(15)12(16)7-10/h5-7,9,17H,3-4,8H2,1-2H3. The molecule has 20 heavy (non-hydrogen) atoms. The molecule has 0 saturated heterocycles. The van der Waals surface area contributed by atoms with E-state index in [1.54, 1.807) is 17.8 Å². The van der Waals surface area contributed by atoms with Crippen LogP contribution in [0.5, 0.6) is 0 Å². The van der Waals surface area contributed by atoms with Crippen molar-refractivity contribution in [2.45, 2.75) is 23.3 Å². The highest BCUT2D eigenvalue weighted by atomic mass is 35.5. The first kappa shape index (κ1) is 16.0. The van der Waals surface area contributed by atoms with Gasteiger partial charge in [-0.05, 0) is 44.0 Å². The minimum absolute atomic E-state index is 0.199. The molecule has 1 fully saturated rings. The number of carbonyl (C=O) groups is 1. The van der Waals surface area contributed by atoms with E-state index >= 15 is 0 Å². The number of hydrogen-bond acceptors (Lipinski definition) is 4. The lowest BCUT2D eigenvalue weighted by atomic mass is 9.96. The highest BCUT2D eigenvalue weighted by molar-refractivity contribution is 7.99. The van der Waals surface area contributed by atoms with E-state index < -0.39 is 5.54 Å². The van der Waals surface area contributed by atoms with E-state index in [9.17, 15) is 4.79 Å². The van der Waals surface area contributed by atoms with Crippen molar-refractivity contribution in [3.63, 3.8) is 0 Å². The molecule has 1 N–H and O–H groups in total. The molecule has 1 aliphatic carbocycles. The first-order valence-electron chi connectivity index (χ1n) is 6.38. The van der Waals surface area contributed by atoms with Crippen LogP contribution in [0.15, 0.2) is 23.1 Å². The third-order valence-corrected chi connectivity index (χ3v) is 5.55. The molecule has 0 aliphatic heterocycles. The van der Waals surface area contributed by atoms with Crippen molar-refractivity contribution >= 4 is 40.9 Å². The molecule has 1 saturated carbocycles. The summed E-state index contributed by atoms with van der Waals surface area (Å²) in [5.41, 5.74) is -0.620. The number of rotatable bonds is 6. The molecule has 110 valence electrons. The monoisotopic (exact) mass is 333 g/mol. The Hall–Kier alpha value is -0.420. The molecule has 2 rings (SSSR count). The van der Waals surface area contributed by atoms with E-state index in [-0.39, 0.29) is 5.97 Å². The second-order valence-electron chi connectivity index (χ2n) is 4.85. The van der Waals surface area contributed by atoms with Crippen LogP contribution >= 0.6 is 35.0 Å². The van der Waals surface area contributed by atoms with Gasteiger partial charge in [0.1, 0.15) is 5.54 Å². The minimum Gasteiger partial charge on any atom is -0.468 e. The Labute approximate surface area is 133 Å². The second-order valence-corrected chi connectivity index (χ2v) is 6.71. The number of methoxy groups -OCH3 is 1. The Morgan fingerprint density at radius 1 is 1.45 bits per heavy atom. The smallest absolute Gasteiger partial charge is 0.327 e. The van der Waals surface area contributed by atoms with Gasteiger partial charge >= 0.3 is 5.97 Å². The maximum absolute atomic E-state index is 12.1. The van der Waals surface area contributed by atoms with E-state index in [4.69, 9.17) is 27.9 Å². The number of thioether (sulfide) groups is 1. The van der Waals surface area contributed by atoms with E-state index in [0.29, 0.717) is 21.7 Å². The summed E-state index contributed by atoms with van der Waals surface area (Å²) in [6, 6.07) is 5.49. The Morgan fingerprint density at radius 2 is 2.15 bits per heavy atom. The Balaban J connectivity index is 2.12. The third-order valence-electron chi connectivity index (χ3n) is 3.63. The topological polar surface area (TPSA) is 38.3 Å². The van der Waals surface area contributed by atoms with Gasteiger partial charge in [0.05, 0.1) is 17.2 Å². The minimum atomic E-state index is -0.620. The van der Waals surface area contributed by atoms with Crippen molar-refractivity contribution in [1.82, 2.24) is 5.32 Å². The Bertz CT molecular complexity index is 508. The normalized spacial score (nSPS) is 17.6. The molecule has 0 amide bonds. The van der Waals surface area contributed by atoms with Crippen LogP contribution in [0.3, 0.4) is 0 Å². The molecule has 0 bridgehead atoms. The summed E-state index contributed by atoms with van der Waals surface area (Å²) < 4.78 is 4.98. The zero-order valence-electron chi connectivity index (χ0n) is 11.4. The summed E-state index contributed by atoms with van der Waals surface area (Å²) >= 11 is 13.5. The quantitative estimate of drug-likeness (QED) is 0.637. The maximum Gasteiger partial charge on any atom is 0.327 e. The lowest BCUT2D eigenvalue weighted by molar-refractivity contribution is -0.148. The zero-order chi connectivity index (χ0) is 14.8. The summed E-state index contributed by atoms with van der Waals surface area (Å²) in [6.45, 7) is 0. The van der Waals surface area contributed by atoms with Gasteiger partial charge in [0, 0.05) is 10.6 Å². The van der Waals surface area contributed by atoms with Crippen molar-refractivity contribution in [3.8, 4) is 0 Å². The molecular weight excluding hydrogens is 317 g/mol. The first-order chi connectivity index (χ1) is 9.53. The lowest BCUT2D eigenvalue weighted by Crippen LogP contribution is -2.55. The van der Waals surface area contributed by atoms with Crippen LogP contribution < -0.4 is 5.32 Å². The molecule has 6 heteroatoms. The van der Waals surface area contributed by atoms with E-state index in [1.807, 2.05) is 19.2 Å². The maximum atomic E-state index is 12.1. The Morgan fingerprint density at radius 3 is 2.65 bits per heavy atom. The predicted molar refractivity (Wildman–Crippen MR) is 83.7 cm³/mol. The van der Waals surface area contributed by atoms with Gasteiger partial charge in [0.15, 0.2) is 0 Å². The van der Waals surface area contributed by atoms with Crippen molar-refractivity contribution in [1.29, 1.82) is 0 Å². The molecule has 0 spiro atoms. The van der Waals surface area contributed by atoms with Crippen molar-refractivity contribution in [2.24, 2.45) is 5.92 Å². The molecule has 1 unspecified atom stereocenters. The summed E-state index contributed by atoms with van der Waals surface area (Å²) in [5, 5.41) is 4.23. The SMILES string of the molecule is CNC(CSc1ccc(Cl)c(Cl)c1)(C(=O)OC)C1CC1. The summed E-state index contributed by atoms with van der Waals surface area (Å²) in [5.74, 6) is 0.754.